The van der Waals surface area contributed by atoms with Crippen LogP contribution in [0.25, 0.3) is 0 Å². The van der Waals surface area contributed by atoms with E-state index in [-0.39, 0.29) is 12.3 Å². The number of hydrogen-bond acceptors (Lipinski definition) is 2. The molecule has 0 aliphatic rings. The van der Waals surface area contributed by atoms with Crippen LogP contribution in [0.2, 0.25) is 0 Å². The summed E-state index contributed by atoms with van der Waals surface area (Å²) in [4.78, 5) is 22.8. The smallest absolute Gasteiger partial charge is 0.303 e. The number of nitrogens with one attached hydrogen (secondary N) is 1. The Morgan fingerprint density at radius 3 is 2.17 bits per heavy atom. The van der Waals surface area contributed by atoms with Gasteiger partial charge < -0.3 is 10.4 Å². The first kappa shape index (κ1) is 16.7. The minimum absolute atomic E-state index is 0.0549. The summed E-state index contributed by atoms with van der Waals surface area (Å²) < 4.78 is 0. The van der Waals surface area contributed by atoms with Crippen LogP contribution in [0.5, 0.6) is 0 Å². The van der Waals surface area contributed by atoms with Crippen molar-refractivity contribution in [1.29, 1.82) is 0 Å². The van der Waals surface area contributed by atoms with Crippen molar-refractivity contribution >= 4 is 17.6 Å². The molecule has 23 heavy (non-hydrogen) atoms. The van der Waals surface area contributed by atoms with Crippen LogP contribution in [0.3, 0.4) is 0 Å². The molecule has 1 amide bonds. The molecule has 0 radical (unpaired) electrons. The molecule has 0 saturated carbocycles. The molecule has 0 aromatic heterocycles. The first-order chi connectivity index (χ1) is 11.0. The molecule has 0 bridgehead atoms. The van der Waals surface area contributed by atoms with Crippen molar-refractivity contribution in [3.63, 3.8) is 0 Å². The zero-order chi connectivity index (χ0) is 16.8. The lowest BCUT2D eigenvalue weighted by molar-refractivity contribution is -0.137. The fourth-order valence-electron chi connectivity index (χ4n) is 2.50. The Balaban J connectivity index is 1.96. The number of carboxylic acid groups (broad SMARTS) is 1. The average Bonchev–Trinajstić information content (AvgIpc) is 2.50. The van der Waals surface area contributed by atoms with Gasteiger partial charge >= 0.3 is 5.97 Å². The lowest BCUT2D eigenvalue weighted by atomic mass is 10.00. The second-order valence-electron chi connectivity index (χ2n) is 5.69. The monoisotopic (exact) mass is 311 g/mol. The lowest BCUT2D eigenvalue weighted by Crippen LogP contribution is -2.15. The van der Waals surface area contributed by atoms with E-state index in [2.05, 4.69) is 5.32 Å². The van der Waals surface area contributed by atoms with E-state index in [1.165, 1.54) is 0 Å². The van der Waals surface area contributed by atoms with Crippen LogP contribution in [0.1, 0.15) is 28.7 Å². The predicted octanol–water partition coefficient (Wildman–Crippen LogP) is 3.50. The van der Waals surface area contributed by atoms with E-state index in [1.54, 1.807) is 12.1 Å². The molecule has 0 unspecified atom stereocenters. The summed E-state index contributed by atoms with van der Waals surface area (Å²) >= 11 is 0. The van der Waals surface area contributed by atoms with E-state index >= 15 is 0 Å². The molecule has 120 valence electrons. The maximum Gasteiger partial charge on any atom is 0.303 e. The molecule has 0 spiro atoms. The average molecular weight is 311 g/mol. The van der Waals surface area contributed by atoms with E-state index in [9.17, 15) is 9.59 Å². The van der Waals surface area contributed by atoms with Crippen molar-refractivity contribution < 1.29 is 14.7 Å². The van der Waals surface area contributed by atoms with Crippen molar-refractivity contribution in [2.75, 3.05) is 5.32 Å². The van der Waals surface area contributed by atoms with Gasteiger partial charge in [-0.1, -0.05) is 30.3 Å². The number of aliphatic carboxylic acids is 1. The minimum atomic E-state index is -0.809. The van der Waals surface area contributed by atoms with Gasteiger partial charge in [-0.3, -0.25) is 9.59 Å². The molecule has 0 aliphatic heterocycles. The Morgan fingerprint density at radius 2 is 1.61 bits per heavy atom. The van der Waals surface area contributed by atoms with Gasteiger partial charge in [-0.15, -0.1) is 0 Å². The lowest BCUT2D eigenvalue weighted by Gasteiger charge is -2.10. The van der Waals surface area contributed by atoms with Crippen LogP contribution < -0.4 is 5.32 Å². The maximum absolute atomic E-state index is 12.2. The molecule has 0 atom stereocenters. The fourth-order valence-corrected chi connectivity index (χ4v) is 2.50. The number of carbonyl (C=O) groups is 2. The summed E-state index contributed by atoms with van der Waals surface area (Å²) in [5, 5.41) is 11.6. The van der Waals surface area contributed by atoms with Crippen LogP contribution >= 0.6 is 0 Å². The largest absolute Gasteiger partial charge is 0.481 e. The standard InChI is InChI=1S/C19H21NO3/c1-13-4-3-5-14(2)17(13)12-18(21)20-16-9-6-15(7-10-16)8-11-19(22)23/h3-7,9-10H,8,11-12H2,1-2H3,(H,20,21)(H,22,23). The summed E-state index contributed by atoms with van der Waals surface area (Å²) in [6.45, 7) is 4.01. The number of carboxylic acids is 1. The Kier molecular flexibility index (Phi) is 5.52. The molecule has 0 heterocycles. The number of aryl methyl sites for hydroxylation is 3. The second-order valence-corrected chi connectivity index (χ2v) is 5.69. The summed E-state index contributed by atoms with van der Waals surface area (Å²) in [5.41, 5.74) is 4.96. The molecule has 4 heteroatoms. The minimum Gasteiger partial charge on any atom is -0.481 e. The molecule has 2 rings (SSSR count). The number of amides is 1. The summed E-state index contributed by atoms with van der Waals surface area (Å²) in [6.07, 6.45) is 0.948. The first-order valence-electron chi connectivity index (χ1n) is 7.61. The molecule has 4 nitrogen and oxygen atoms in total. The number of rotatable bonds is 6. The fraction of sp³-hybridized carbons (Fsp3) is 0.263. The zero-order valence-electron chi connectivity index (χ0n) is 13.4. The second kappa shape index (κ2) is 7.58. The molecule has 2 aromatic carbocycles. The van der Waals surface area contributed by atoms with Gasteiger partial charge in [0.2, 0.25) is 5.91 Å². The van der Waals surface area contributed by atoms with Crippen LogP contribution in [0.15, 0.2) is 42.5 Å². The Morgan fingerprint density at radius 1 is 1.00 bits per heavy atom. The Bertz CT molecular complexity index is 685. The van der Waals surface area contributed by atoms with E-state index in [0.29, 0.717) is 12.8 Å². The normalized spacial score (nSPS) is 10.3. The van der Waals surface area contributed by atoms with Gasteiger partial charge in [0.05, 0.1) is 6.42 Å². The number of anilines is 1. The number of benzene rings is 2. The van der Waals surface area contributed by atoms with Crippen molar-refractivity contribution in [3.8, 4) is 0 Å². The SMILES string of the molecule is Cc1cccc(C)c1CC(=O)Nc1ccc(CCC(=O)O)cc1. The first-order valence-corrected chi connectivity index (χ1v) is 7.61. The van der Waals surface area contributed by atoms with Crippen LogP contribution in [0, 0.1) is 13.8 Å². The molecule has 0 fully saturated rings. The van der Waals surface area contributed by atoms with Crippen LogP contribution in [-0.4, -0.2) is 17.0 Å². The molecular formula is C19H21NO3. The van der Waals surface area contributed by atoms with Gasteiger partial charge in [0.15, 0.2) is 0 Å². The van der Waals surface area contributed by atoms with Crippen molar-refractivity contribution in [1.82, 2.24) is 0 Å². The predicted molar refractivity (Wildman–Crippen MR) is 90.6 cm³/mol. The highest BCUT2D eigenvalue weighted by Gasteiger charge is 2.09. The quantitative estimate of drug-likeness (QED) is 0.858. The Hall–Kier alpha value is -2.62. The van der Waals surface area contributed by atoms with E-state index < -0.39 is 5.97 Å². The number of carbonyl (C=O) groups excluding carboxylic acids is 1. The van der Waals surface area contributed by atoms with Gasteiger partial charge in [-0.2, -0.15) is 0 Å². The highest BCUT2D eigenvalue weighted by molar-refractivity contribution is 5.92. The number of hydrogen-bond donors (Lipinski definition) is 2. The molecule has 0 saturated heterocycles. The van der Waals surface area contributed by atoms with Gasteiger partial charge in [0, 0.05) is 12.1 Å². The summed E-state index contributed by atoms with van der Waals surface area (Å²) in [6, 6.07) is 13.3. The van der Waals surface area contributed by atoms with Crippen molar-refractivity contribution in [3.05, 3.63) is 64.7 Å². The van der Waals surface area contributed by atoms with Gasteiger partial charge in [-0.05, 0) is 54.7 Å². The summed E-state index contributed by atoms with van der Waals surface area (Å²) in [7, 11) is 0. The maximum atomic E-state index is 12.2. The van der Waals surface area contributed by atoms with Gasteiger partial charge in [0.25, 0.3) is 0 Å². The Labute approximate surface area is 136 Å². The molecule has 2 aromatic rings. The van der Waals surface area contributed by atoms with Crippen molar-refractivity contribution in [2.45, 2.75) is 33.1 Å². The highest BCUT2D eigenvalue weighted by Crippen LogP contribution is 2.16. The third-order valence-electron chi connectivity index (χ3n) is 3.85. The van der Waals surface area contributed by atoms with Gasteiger partial charge in [-0.25, -0.2) is 0 Å². The van der Waals surface area contributed by atoms with Crippen LogP contribution in [-0.2, 0) is 22.4 Å². The molecule has 0 aliphatic carbocycles. The van der Waals surface area contributed by atoms with E-state index in [0.717, 1.165) is 27.9 Å². The van der Waals surface area contributed by atoms with E-state index in [1.807, 2.05) is 44.2 Å². The third-order valence-corrected chi connectivity index (χ3v) is 3.85. The third kappa shape index (κ3) is 4.95. The van der Waals surface area contributed by atoms with Crippen molar-refractivity contribution in [2.24, 2.45) is 0 Å². The summed E-state index contributed by atoms with van der Waals surface area (Å²) in [5.74, 6) is -0.864. The van der Waals surface area contributed by atoms with Gasteiger partial charge in [0.1, 0.15) is 0 Å². The van der Waals surface area contributed by atoms with E-state index in [4.69, 9.17) is 5.11 Å². The highest BCUT2D eigenvalue weighted by atomic mass is 16.4. The molecular weight excluding hydrogens is 290 g/mol. The van der Waals surface area contributed by atoms with Crippen LogP contribution in [0.4, 0.5) is 5.69 Å². The molecule has 2 N–H and O–H groups in total. The topological polar surface area (TPSA) is 66.4 Å². The zero-order valence-corrected chi connectivity index (χ0v) is 13.4.